The molecule has 0 fully saturated rings. The second-order valence-corrected chi connectivity index (χ2v) is 9.94. The lowest BCUT2D eigenvalue weighted by Gasteiger charge is -2.37. The highest BCUT2D eigenvalue weighted by molar-refractivity contribution is 7.47. The van der Waals surface area contributed by atoms with Crippen molar-refractivity contribution in [2.45, 2.75) is 31.7 Å². The molecule has 3 atom stereocenters. The summed E-state index contributed by atoms with van der Waals surface area (Å²) in [6, 6.07) is 7.18. The second-order valence-electron chi connectivity index (χ2n) is 6.36. The lowest BCUT2D eigenvalue weighted by molar-refractivity contribution is -0.0426. The molecule has 1 aliphatic heterocycles. The molecule has 0 amide bonds. The van der Waals surface area contributed by atoms with E-state index in [9.17, 15) is 33.3 Å². The molecule has 2 bridgehead atoms. The lowest BCUT2D eigenvalue weighted by Crippen LogP contribution is -2.47. The van der Waals surface area contributed by atoms with E-state index in [0.29, 0.717) is 18.7 Å². The molecule has 29 heavy (non-hydrogen) atoms. The summed E-state index contributed by atoms with van der Waals surface area (Å²) in [5.41, 5.74) is 1.68. The summed E-state index contributed by atoms with van der Waals surface area (Å²) in [5.74, 6) is 0. The van der Waals surface area contributed by atoms with Gasteiger partial charge in [0.05, 0.1) is 6.10 Å². The number of anilines is 1. The van der Waals surface area contributed by atoms with Crippen LogP contribution in [0.1, 0.15) is 12.5 Å². The number of hydrogen-bond acceptors (Lipinski definition) is 7. The van der Waals surface area contributed by atoms with Gasteiger partial charge >= 0.3 is 23.5 Å². The fourth-order valence-electron chi connectivity index (χ4n) is 2.98. The molecule has 0 saturated carbocycles. The summed E-state index contributed by atoms with van der Waals surface area (Å²) in [6.45, 7) is 1.11. The molecule has 0 radical (unpaired) electrons. The maximum absolute atomic E-state index is 11.4. The summed E-state index contributed by atoms with van der Waals surface area (Å²) in [5, 5.41) is 0. The van der Waals surface area contributed by atoms with Gasteiger partial charge in [0.2, 0.25) is 0 Å². The maximum Gasteiger partial charge on any atom is 0.470 e. The van der Waals surface area contributed by atoms with Gasteiger partial charge < -0.3 is 34.3 Å². The van der Waals surface area contributed by atoms with E-state index in [4.69, 9.17) is 9.79 Å². The second kappa shape index (κ2) is 9.23. The normalized spacial score (nSPS) is 18.4. The third-order valence-electron chi connectivity index (χ3n) is 4.01. The van der Waals surface area contributed by atoms with E-state index in [1.807, 2.05) is 12.1 Å². The van der Waals surface area contributed by atoms with Crippen molar-refractivity contribution in [1.82, 2.24) is 0 Å². The Hall–Kier alpha value is -0.650. The van der Waals surface area contributed by atoms with Gasteiger partial charge in [0.1, 0.15) is 12.2 Å². The zero-order chi connectivity index (χ0) is 22.0. The molecule has 0 spiro atoms. The van der Waals surface area contributed by atoms with Gasteiger partial charge in [-0.05, 0) is 31.0 Å². The topological polar surface area (TPSA) is 204 Å². The number of nitrogens with zero attached hydrogens (tertiary/aromatic N) is 1. The van der Waals surface area contributed by atoms with Gasteiger partial charge in [-0.1, -0.05) is 12.1 Å². The molecule has 0 aliphatic carbocycles. The predicted octanol–water partition coefficient (Wildman–Crippen LogP) is 0.503. The Morgan fingerprint density at radius 1 is 0.966 bits per heavy atom. The van der Waals surface area contributed by atoms with E-state index < -0.39 is 41.8 Å². The van der Waals surface area contributed by atoms with Crippen LogP contribution in [0.25, 0.3) is 0 Å². The largest absolute Gasteiger partial charge is 0.470 e. The first kappa shape index (κ1) is 24.6. The van der Waals surface area contributed by atoms with Crippen LogP contribution < -0.4 is 4.90 Å². The molecule has 1 aromatic rings. The minimum absolute atomic E-state index is 0.311. The van der Waals surface area contributed by atoms with Gasteiger partial charge in [0.25, 0.3) is 0 Å². The monoisotopic (exact) mass is 477 g/mol. The van der Waals surface area contributed by atoms with Crippen LogP contribution in [-0.2, 0) is 33.7 Å². The Bertz CT molecular complexity index is 847. The highest BCUT2D eigenvalue weighted by Gasteiger charge is 2.41. The summed E-state index contributed by atoms with van der Waals surface area (Å²) in [7, 11) is -15.6. The molecule has 2 rings (SSSR count). The van der Waals surface area contributed by atoms with Crippen LogP contribution in [0.2, 0.25) is 0 Å². The third kappa shape index (κ3) is 8.55. The van der Waals surface area contributed by atoms with Crippen molar-refractivity contribution in [3.63, 3.8) is 0 Å². The number of rotatable bonds is 10. The Morgan fingerprint density at radius 3 is 2.10 bits per heavy atom. The highest BCUT2D eigenvalue weighted by atomic mass is 31.2. The molecular formula is C13H22NO12P3. The van der Waals surface area contributed by atoms with E-state index in [0.717, 1.165) is 12.5 Å². The fourth-order valence-corrected chi connectivity index (χ4v) is 4.70. The van der Waals surface area contributed by atoms with Crippen molar-refractivity contribution >= 4 is 29.2 Å². The summed E-state index contributed by atoms with van der Waals surface area (Å²) >= 11 is 0. The number of benzene rings is 1. The quantitative estimate of drug-likeness (QED) is 0.255. The lowest BCUT2D eigenvalue weighted by atomic mass is 10.0. The van der Waals surface area contributed by atoms with Crippen molar-refractivity contribution in [2.24, 2.45) is 0 Å². The Kier molecular flexibility index (Phi) is 7.84. The van der Waals surface area contributed by atoms with Crippen LogP contribution in [0.4, 0.5) is 5.69 Å². The number of fused-ring (bicyclic) bond motifs is 2. The van der Waals surface area contributed by atoms with Crippen molar-refractivity contribution in [1.29, 1.82) is 0 Å². The van der Waals surface area contributed by atoms with Crippen molar-refractivity contribution < 1.29 is 56.6 Å². The standard InChI is InChI=1S/C13H22NO12P3/c1-9(24-27(15,16)17)13(26-29(21,22)23)12(25-28(18,19)20)8-14-6-5-10-3-2-4-11(14)7-10/h2-4,7,9,12-13H,5-6,8H2,1H3,(H2,15,16,17)(H2,18,19,20)(H2,21,22,23)/t9-,12+,13+/m0/s1. The van der Waals surface area contributed by atoms with E-state index in [2.05, 4.69) is 13.6 Å². The molecule has 6 N–H and O–H groups in total. The molecule has 0 aromatic heterocycles. The maximum atomic E-state index is 11.4. The first-order chi connectivity index (χ1) is 13.1. The average molecular weight is 477 g/mol. The molecular weight excluding hydrogens is 455 g/mol. The van der Waals surface area contributed by atoms with Crippen molar-refractivity contribution in [3.8, 4) is 0 Å². The summed E-state index contributed by atoms with van der Waals surface area (Å²) in [4.78, 5) is 56.5. The zero-order valence-electron chi connectivity index (χ0n) is 15.1. The fraction of sp³-hybridized carbons (Fsp3) is 0.538. The van der Waals surface area contributed by atoms with Crippen LogP contribution >= 0.6 is 23.5 Å². The van der Waals surface area contributed by atoms with E-state index in [-0.39, 0.29) is 6.54 Å². The molecule has 0 saturated heterocycles. The van der Waals surface area contributed by atoms with E-state index in [1.165, 1.54) is 0 Å². The van der Waals surface area contributed by atoms with Crippen molar-refractivity contribution in [3.05, 3.63) is 29.8 Å². The Morgan fingerprint density at radius 2 is 1.55 bits per heavy atom. The van der Waals surface area contributed by atoms with E-state index in [1.54, 1.807) is 17.0 Å². The van der Waals surface area contributed by atoms with Crippen LogP contribution in [-0.4, -0.2) is 60.8 Å². The van der Waals surface area contributed by atoms with Crippen LogP contribution in [0.15, 0.2) is 24.3 Å². The zero-order valence-corrected chi connectivity index (χ0v) is 17.8. The van der Waals surface area contributed by atoms with Gasteiger partial charge in [-0.2, -0.15) is 0 Å². The van der Waals surface area contributed by atoms with Crippen molar-refractivity contribution in [2.75, 3.05) is 18.0 Å². The molecule has 166 valence electrons. The number of phosphoric ester groups is 3. The van der Waals surface area contributed by atoms with Crippen LogP contribution in [0.3, 0.4) is 0 Å². The smallest absolute Gasteiger partial charge is 0.368 e. The molecule has 1 aromatic carbocycles. The van der Waals surface area contributed by atoms with E-state index >= 15 is 0 Å². The van der Waals surface area contributed by atoms with Crippen LogP contribution in [0, 0.1) is 0 Å². The van der Waals surface area contributed by atoms with Gasteiger partial charge in [0, 0.05) is 18.8 Å². The molecule has 1 heterocycles. The average Bonchev–Trinajstić information content (AvgIpc) is 2.51. The minimum atomic E-state index is -5.26. The highest BCUT2D eigenvalue weighted by Crippen LogP contribution is 2.47. The molecule has 16 heteroatoms. The predicted molar refractivity (Wildman–Crippen MR) is 98.8 cm³/mol. The third-order valence-corrected chi connectivity index (χ3v) is 5.68. The summed E-state index contributed by atoms with van der Waals surface area (Å²) < 4.78 is 47.6. The summed E-state index contributed by atoms with van der Waals surface area (Å²) in [6.07, 6.45) is -4.75. The molecule has 0 unspecified atom stereocenters. The number of phosphoric acid groups is 3. The Labute approximate surface area is 165 Å². The SMILES string of the molecule is C[C@H](OP(=O)(O)O)[C@@H](OP(=O)(O)O)[C@@H](CN1CCc2cccc1c2)OP(=O)(O)O. The minimum Gasteiger partial charge on any atom is -0.368 e. The van der Waals surface area contributed by atoms with Gasteiger partial charge in [-0.25, -0.2) is 13.7 Å². The molecule has 1 aliphatic rings. The number of hydrogen-bond donors (Lipinski definition) is 6. The first-order valence-electron chi connectivity index (χ1n) is 8.19. The van der Waals surface area contributed by atoms with Gasteiger partial charge in [-0.15, -0.1) is 0 Å². The van der Waals surface area contributed by atoms with Gasteiger partial charge in [0.15, 0.2) is 0 Å². The first-order valence-corrected chi connectivity index (χ1v) is 12.8. The van der Waals surface area contributed by atoms with Gasteiger partial charge in [-0.3, -0.25) is 13.6 Å². The Balaban J connectivity index is 2.35. The molecule has 13 nitrogen and oxygen atoms in total. The van der Waals surface area contributed by atoms with Crippen LogP contribution in [0.5, 0.6) is 0 Å².